The van der Waals surface area contributed by atoms with Crippen molar-refractivity contribution in [3.63, 3.8) is 0 Å². The van der Waals surface area contributed by atoms with Gasteiger partial charge in [0.05, 0.1) is 0 Å². The summed E-state index contributed by atoms with van der Waals surface area (Å²) in [6.45, 7) is 0. The van der Waals surface area contributed by atoms with Crippen LogP contribution >= 0.6 is 39.5 Å². The molecule has 1 aliphatic carbocycles. The zero-order valence-corrected chi connectivity index (χ0v) is 12.1. The minimum atomic E-state index is -1.78. The molecule has 0 aromatic carbocycles. The molecule has 0 aromatic heterocycles. The second-order valence-electron chi connectivity index (χ2n) is 2.88. The van der Waals surface area contributed by atoms with Crippen LogP contribution in [0, 0.1) is 0 Å². The second kappa shape index (κ2) is 4.41. The van der Waals surface area contributed by atoms with Crippen molar-refractivity contribution in [3.05, 3.63) is 0 Å². The molecule has 0 radical (unpaired) electrons. The van der Waals surface area contributed by atoms with Crippen molar-refractivity contribution >= 4 is 39.5 Å². The molecule has 1 aliphatic rings. The summed E-state index contributed by atoms with van der Waals surface area (Å²) in [6.07, 6.45) is 7.15. The van der Waals surface area contributed by atoms with Crippen LogP contribution < -0.4 is 0 Å². The van der Waals surface area contributed by atoms with E-state index in [1.807, 2.05) is 0 Å². The molecular weight excluding hydrogens is 360 g/mol. The monoisotopic (exact) mass is 368 g/mol. The molecule has 10 heavy (non-hydrogen) atoms. The summed E-state index contributed by atoms with van der Waals surface area (Å²) < 4.78 is 0.939. The van der Waals surface area contributed by atoms with Gasteiger partial charge in [0.25, 0.3) is 0 Å². The Morgan fingerprint density at radius 2 is 1.40 bits per heavy atom. The third kappa shape index (κ3) is 3.26. The third-order valence-electron chi connectivity index (χ3n) is 2.07. The molecule has 0 N–H and O–H groups in total. The van der Waals surface area contributed by atoms with Crippen LogP contribution in [0.15, 0.2) is 0 Å². The van der Waals surface area contributed by atoms with Gasteiger partial charge in [-0.05, 0) is 0 Å². The Kier molecular flexibility index (Phi) is 4.51. The van der Waals surface area contributed by atoms with Gasteiger partial charge in [-0.25, -0.2) is 0 Å². The molecular formula is C6H11Br3Ti. The average Bonchev–Trinajstić information content (AvgIpc) is 1.88. The van der Waals surface area contributed by atoms with E-state index in [4.69, 9.17) is 0 Å². The molecule has 1 rings (SSSR count). The molecule has 0 unspecified atom stereocenters. The third-order valence-corrected chi connectivity index (χ3v) is 12.4. The zero-order chi connectivity index (χ0) is 7.61. The molecule has 0 aromatic rings. The van der Waals surface area contributed by atoms with E-state index in [1.165, 1.54) is 32.1 Å². The van der Waals surface area contributed by atoms with Gasteiger partial charge in [0, 0.05) is 0 Å². The van der Waals surface area contributed by atoms with Crippen molar-refractivity contribution in [1.82, 2.24) is 0 Å². The molecule has 0 bridgehead atoms. The minimum absolute atomic E-state index is 0.939. The van der Waals surface area contributed by atoms with Crippen LogP contribution in [0.3, 0.4) is 0 Å². The van der Waals surface area contributed by atoms with Crippen LogP contribution in [0.2, 0.25) is 4.22 Å². The normalized spacial score (nSPS) is 23.1. The van der Waals surface area contributed by atoms with E-state index in [1.54, 1.807) is 0 Å². The van der Waals surface area contributed by atoms with E-state index in [9.17, 15) is 0 Å². The van der Waals surface area contributed by atoms with E-state index >= 15 is 0 Å². The molecule has 0 nitrogen and oxygen atoms in total. The van der Waals surface area contributed by atoms with E-state index < -0.39 is 10.3 Å². The van der Waals surface area contributed by atoms with Crippen LogP contribution in [0.5, 0.6) is 0 Å². The Labute approximate surface area is 85.0 Å². The maximum absolute atomic E-state index is 3.76. The number of halogens is 3. The van der Waals surface area contributed by atoms with Gasteiger partial charge >= 0.3 is 86.1 Å². The molecule has 60 valence electrons. The molecule has 4 heteroatoms. The molecule has 0 atom stereocenters. The van der Waals surface area contributed by atoms with Gasteiger partial charge in [0.2, 0.25) is 0 Å². The summed E-state index contributed by atoms with van der Waals surface area (Å²) >= 11 is 11.3. The molecule has 0 spiro atoms. The van der Waals surface area contributed by atoms with Gasteiger partial charge in [-0.2, -0.15) is 0 Å². The summed E-state index contributed by atoms with van der Waals surface area (Å²) in [5.74, 6) is 0. The number of hydrogen-bond acceptors (Lipinski definition) is 0. The van der Waals surface area contributed by atoms with Gasteiger partial charge in [-0.3, -0.25) is 0 Å². The maximum atomic E-state index is 3.76. The SMILES string of the molecule is [Br][Ti]([Br])([Br])[CH]1CCCCC1. The van der Waals surface area contributed by atoms with E-state index in [0.717, 1.165) is 4.22 Å². The summed E-state index contributed by atoms with van der Waals surface area (Å²) in [5, 5.41) is 0. The molecule has 0 heterocycles. The van der Waals surface area contributed by atoms with Gasteiger partial charge in [0.15, 0.2) is 0 Å². The summed E-state index contributed by atoms with van der Waals surface area (Å²) in [7, 11) is -1.78. The zero-order valence-electron chi connectivity index (χ0n) is 5.75. The van der Waals surface area contributed by atoms with E-state index in [2.05, 4.69) is 39.5 Å². The first-order valence-electron chi connectivity index (χ1n) is 3.67. The van der Waals surface area contributed by atoms with Crippen LogP contribution in [0.1, 0.15) is 32.1 Å². The van der Waals surface area contributed by atoms with Crippen LogP contribution in [0.25, 0.3) is 0 Å². The van der Waals surface area contributed by atoms with Crippen molar-refractivity contribution in [3.8, 4) is 0 Å². The quantitative estimate of drug-likeness (QED) is 0.580. The van der Waals surface area contributed by atoms with E-state index in [0.29, 0.717) is 0 Å². The standard InChI is InChI=1S/C6H11.3BrH.Ti/c1-2-4-6-5-3-1;;;;/h1H,2-6H2;3*1H;/q;;;;+3/p-3. The topological polar surface area (TPSA) is 0 Å². The van der Waals surface area contributed by atoms with Crippen LogP contribution in [-0.4, -0.2) is 0 Å². The van der Waals surface area contributed by atoms with Crippen molar-refractivity contribution in [2.75, 3.05) is 0 Å². The molecule has 0 amide bonds. The Morgan fingerprint density at radius 1 is 0.900 bits per heavy atom. The fourth-order valence-corrected chi connectivity index (χ4v) is 8.75. The van der Waals surface area contributed by atoms with Gasteiger partial charge in [-0.1, -0.05) is 0 Å². The first kappa shape index (κ1) is 10.2. The first-order valence-corrected chi connectivity index (χ1v) is 16.2. The Bertz CT molecular complexity index is 104. The first-order chi connectivity index (χ1) is 4.61. The molecule has 0 saturated heterocycles. The fraction of sp³-hybridized carbons (Fsp3) is 1.00. The van der Waals surface area contributed by atoms with Crippen LogP contribution in [-0.2, 0) is 10.3 Å². The average molecular weight is 371 g/mol. The van der Waals surface area contributed by atoms with Crippen LogP contribution in [0.4, 0.5) is 0 Å². The molecule has 1 saturated carbocycles. The Hall–Kier alpha value is 2.15. The van der Waals surface area contributed by atoms with Gasteiger partial charge < -0.3 is 0 Å². The van der Waals surface area contributed by atoms with Crippen molar-refractivity contribution in [1.29, 1.82) is 0 Å². The van der Waals surface area contributed by atoms with Gasteiger partial charge in [0.1, 0.15) is 0 Å². The van der Waals surface area contributed by atoms with Crippen molar-refractivity contribution in [2.24, 2.45) is 0 Å². The fourth-order valence-electron chi connectivity index (χ4n) is 1.43. The summed E-state index contributed by atoms with van der Waals surface area (Å²) in [6, 6.07) is 0. The second-order valence-corrected chi connectivity index (χ2v) is 34.5. The predicted molar refractivity (Wildman–Crippen MR) is 53.6 cm³/mol. The van der Waals surface area contributed by atoms with E-state index in [-0.39, 0.29) is 0 Å². The molecule has 0 aliphatic heterocycles. The summed E-state index contributed by atoms with van der Waals surface area (Å²) in [4.78, 5) is 0. The Balaban J connectivity index is 2.39. The Morgan fingerprint density at radius 3 is 1.70 bits per heavy atom. The number of rotatable bonds is 1. The van der Waals surface area contributed by atoms with Crippen molar-refractivity contribution < 1.29 is 10.3 Å². The number of hydrogen-bond donors (Lipinski definition) is 0. The van der Waals surface area contributed by atoms with Gasteiger partial charge in [-0.15, -0.1) is 0 Å². The van der Waals surface area contributed by atoms with Crippen molar-refractivity contribution in [2.45, 2.75) is 36.3 Å². The molecule has 1 fully saturated rings. The summed E-state index contributed by atoms with van der Waals surface area (Å²) in [5.41, 5.74) is 0. The predicted octanol–water partition coefficient (Wildman–Crippen LogP) is 4.82.